The van der Waals surface area contributed by atoms with Gasteiger partial charge in [0.15, 0.2) is 5.13 Å². The Morgan fingerprint density at radius 3 is 2.39 bits per heavy atom. The molecule has 5 rings (SSSR count). The van der Waals surface area contributed by atoms with Crippen LogP contribution in [0.4, 0.5) is 5.13 Å². The Kier molecular flexibility index (Phi) is 7.30. The van der Waals surface area contributed by atoms with Crippen molar-refractivity contribution in [1.29, 1.82) is 0 Å². The first-order valence-electron chi connectivity index (χ1n) is 12.5. The Morgan fingerprint density at radius 2 is 1.69 bits per heavy atom. The minimum atomic E-state index is -3.46. The van der Waals surface area contributed by atoms with Crippen LogP contribution >= 0.6 is 11.3 Å². The van der Waals surface area contributed by atoms with E-state index in [2.05, 4.69) is 41.1 Å². The van der Waals surface area contributed by atoms with Crippen molar-refractivity contribution in [1.82, 2.24) is 19.5 Å². The molecule has 0 saturated carbocycles. The zero-order valence-corrected chi connectivity index (χ0v) is 22.5. The molecule has 2 fully saturated rings. The van der Waals surface area contributed by atoms with Crippen LogP contribution in [0.15, 0.2) is 41.3 Å². The highest BCUT2D eigenvalue weighted by atomic mass is 32.2. The van der Waals surface area contributed by atoms with Gasteiger partial charge in [0.25, 0.3) is 5.91 Å². The molecular formula is C26H33N5O3S2. The second kappa shape index (κ2) is 10.5. The average Bonchev–Trinajstić information content (AvgIpc) is 3.56. The smallest absolute Gasteiger partial charge is 0.251 e. The van der Waals surface area contributed by atoms with E-state index in [1.165, 1.54) is 32.3 Å². The lowest BCUT2D eigenvalue weighted by Gasteiger charge is -2.34. The van der Waals surface area contributed by atoms with Crippen molar-refractivity contribution < 1.29 is 13.2 Å². The summed E-state index contributed by atoms with van der Waals surface area (Å²) in [6, 6.07) is 10.6. The summed E-state index contributed by atoms with van der Waals surface area (Å²) in [5.74, 6) is -0.182. The number of piperazine rings is 1. The molecule has 0 bridgehead atoms. The highest BCUT2D eigenvalue weighted by Crippen LogP contribution is 2.32. The number of fused-ring (bicyclic) bond motifs is 1. The van der Waals surface area contributed by atoms with Crippen molar-refractivity contribution in [3.63, 3.8) is 0 Å². The van der Waals surface area contributed by atoms with Crippen molar-refractivity contribution >= 4 is 42.6 Å². The van der Waals surface area contributed by atoms with Crippen LogP contribution in [0.2, 0.25) is 0 Å². The third kappa shape index (κ3) is 5.27. The summed E-state index contributed by atoms with van der Waals surface area (Å²) in [4.78, 5) is 22.4. The molecule has 1 N–H and O–H groups in total. The molecule has 8 nitrogen and oxygen atoms in total. The molecule has 3 heterocycles. The number of carbonyl (C=O) groups is 1. The second-order valence-electron chi connectivity index (χ2n) is 9.65. The topological polar surface area (TPSA) is 85.8 Å². The Bertz CT molecular complexity index is 1340. The van der Waals surface area contributed by atoms with Crippen LogP contribution < -0.4 is 10.2 Å². The molecule has 3 aromatic rings. The lowest BCUT2D eigenvalue weighted by atomic mass is 10.1. The monoisotopic (exact) mass is 527 g/mol. The van der Waals surface area contributed by atoms with Gasteiger partial charge in [-0.05, 0) is 68.1 Å². The fraction of sp³-hybridized carbons (Fsp3) is 0.462. The summed E-state index contributed by atoms with van der Waals surface area (Å²) in [6.45, 7) is 10.4. The number of rotatable bonds is 7. The fourth-order valence-corrected chi connectivity index (χ4v) is 7.53. The zero-order chi connectivity index (χ0) is 25.3. The predicted molar refractivity (Wildman–Crippen MR) is 145 cm³/mol. The molecule has 2 aliphatic heterocycles. The highest BCUT2D eigenvalue weighted by molar-refractivity contribution is 7.89. The maximum atomic E-state index is 12.7. The van der Waals surface area contributed by atoms with Gasteiger partial charge in [-0.2, -0.15) is 4.31 Å². The average molecular weight is 528 g/mol. The van der Waals surface area contributed by atoms with Gasteiger partial charge in [-0.15, -0.1) is 0 Å². The third-order valence-electron chi connectivity index (χ3n) is 6.98. The Balaban J connectivity index is 1.09. The van der Waals surface area contributed by atoms with E-state index in [0.29, 0.717) is 25.2 Å². The summed E-state index contributed by atoms with van der Waals surface area (Å²) in [5, 5.41) is 4.05. The number of benzene rings is 2. The Labute approximate surface area is 217 Å². The number of thiazole rings is 1. The van der Waals surface area contributed by atoms with Crippen LogP contribution in [-0.2, 0) is 10.0 Å². The normalized spacial score (nSPS) is 17.7. The number of carbonyl (C=O) groups excluding carboxylic acids is 1. The molecule has 2 aliphatic rings. The van der Waals surface area contributed by atoms with E-state index in [9.17, 15) is 13.2 Å². The molecule has 2 saturated heterocycles. The molecule has 36 heavy (non-hydrogen) atoms. The quantitative estimate of drug-likeness (QED) is 0.508. The molecular weight excluding hydrogens is 494 g/mol. The van der Waals surface area contributed by atoms with Gasteiger partial charge < -0.3 is 10.2 Å². The van der Waals surface area contributed by atoms with Gasteiger partial charge in [0.2, 0.25) is 10.0 Å². The first-order valence-corrected chi connectivity index (χ1v) is 14.8. The van der Waals surface area contributed by atoms with Crippen LogP contribution in [0.25, 0.3) is 10.2 Å². The van der Waals surface area contributed by atoms with E-state index in [0.717, 1.165) is 56.2 Å². The highest BCUT2D eigenvalue weighted by Gasteiger charge is 2.27. The molecule has 0 unspecified atom stereocenters. The molecule has 2 aromatic carbocycles. The summed E-state index contributed by atoms with van der Waals surface area (Å²) < 4.78 is 28.1. The van der Waals surface area contributed by atoms with Crippen LogP contribution in [-0.4, -0.2) is 80.9 Å². The van der Waals surface area contributed by atoms with Crippen LogP contribution in [0, 0.1) is 13.8 Å². The number of aromatic nitrogens is 1. The number of anilines is 1. The molecule has 1 aromatic heterocycles. The van der Waals surface area contributed by atoms with Gasteiger partial charge in [-0.3, -0.25) is 9.69 Å². The summed E-state index contributed by atoms with van der Waals surface area (Å²) in [6.07, 6.45) is 1.80. The molecule has 10 heteroatoms. The maximum Gasteiger partial charge on any atom is 0.251 e. The lowest BCUT2D eigenvalue weighted by Crippen LogP contribution is -2.48. The number of aryl methyl sites for hydroxylation is 2. The summed E-state index contributed by atoms with van der Waals surface area (Å²) in [5.41, 5.74) is 4.08. The first kappa shape index (κ1) is 25.1. The molecule has 192 valence electrons. The summed E-state index contributed by atoms with van der Waals surface area (Å²) in [7, 11) is -3.46. The van der Waals surface area contributed by atoms with Crippen molar-refractivity contribution in [3.8, 4) is 0 Å². The van der Waals surface area contributed by atoms with Gasteiger partial charge in [0, 0.05) is 57.9 Å². The van der Waals surface area contributed by atoms with Crippen molar-refractivity contribution in [2.24, 2.45) is 0 Å². The van der Waals surface area contributed by atoms with Gasteiger partial charge in [0.05, 0.1) is 15.1 Å². The number of amides is 1. The van der Waals surface area contributed by atoms with Crippen molar-refractivity contribution in [2.45, 2.75) is 31.6 Å². The van der Waals surface area contributed by atoms with Crippen LogP contribution in [0.1, 0.15) is 34.3 Å². The van der Waals surface area contributed by atoms with Crippen molar-refractivity contribution in [2.75, 3.05) is 57.3 Å². The Morgan fingerprint density at radius 1 is 1.00 bits per heavy atom. The van der Waals surface area contributed by atoms with E-state index >= 15 is 0 Å². The molecule has 1 amide bonds. The van der Waals surface area contributed by atoms with E-state index in [1.54, 1.807) is 23.5 Å². The van der Waals surface area contributed by atoms with E-state index in [-0.39, 0.29) is 10.8 Å². The molecule has 0 spiro atoms. The van der Waals surface area contributed by atoms with Gasteiger partial charge in [-0.1, -0.05) is 17.4 Å². The number of nitrogens with zero attached hydrogens (tertiary/aromatic N) is 4. The second-order valence-corrected chi connectivity index (χ2v) is 12.6. The number of hydrogen-bond acceptors (Lipinski definition) is 7. The third-order valence-corrected chi connectivity index (χ3v) is 10.2. The molecule has 0 aliphatic carbocycles. The van der Waals surface area contributed by atoms with Gasteiger partial charge in [0.1, 0.15) is 0 Å². The molecule has 0 atom stereocenters. The largest absolute Gasteiger partial charge is 0.351 e. The first-order chi connectivity index (χ1) is 17.3. The Hall–Kier alpha value is -2.53. The maximum absolute atomic E-state index is 12.7. The number of hydrogen-bond donors (Lipinski definition) is 1. The minimum Gasteiger partial charge on any atom is -0.351 e. The van der Waals surface area contributed by atoms with E-state index in [1.807, 2.05) is 0 Å². The predicted octanol–water partition coefficient (Wildman–Crippen LogP) is 3.25. The van der Waals surface area contributed by atoms with E-state index < -0.39 is 10.0 Å². The minimum absolute atomic E-state index is 0.182. The lowest BCUT2D eigenvalue weighted by molar-refractivity contribution is 0.0947. The van der Waals surface area contributed by atoms with Crippen LogP contribution in [0.5, 0.6) is 0 Å². The standard InChI is InChI=1S/C26H33N5O3S2/c1-19-17-20(2)24-23(18-19)28-26(35-24)30-15-13-29(14-16-30)12-9-27-25(32)21-5-7-22(8-6-21)36(33,34)31-10-3-4-11-31/h5-8,17-18H,3-4,9-16H2,1-2H3,(H,27,32). The number of sulfonamides is 1. The summed E-state index contributed by atoms with van der Waals surface area (Å²) >= 11 is 1.77. The van der Waals surface area contributed by atoms with E-state index in [4.69, 9.17) is 4.98 Å². The molecule has 0 radical (unpaired) electrons. The van der Waals surface area contributed by atoms with Gasteiger partial charge in [-0.25, -0.2) is 13.4 Å². The zero-order valence-electron chi connectivity index (χ0n) is 20.9. The fourth-order valence-electron chi connectivity index (χ4n) is 4.95. The number of nitrogens with one attached hydrogen (secondary N) is 1. The van der Waals surface area contributed by atoms with Gasteiger partial charge >= 0.3 is 0 Å². The SMILES string of the molecule is Cc1cc(C)c2sc(N3CCN(CCNC(=O)c4ccc(S(=O)(=O)N5CCCC5)cc4)CC3)nc2c1. The van der Waals surface area contributed by atoms with Crippen molar-refractivity contribution in [3.05, 3.63) is 53.1 Å². The van der Waals surface area contributed by atoms with Crippen LogP contribution in [0.3, 0.4) is 0 Å².